The summed E-state index contributed by atoms with van der Waals surface area (Å²) in [6.07, 6.45) is 4.80. The van der Waals surface area contributed by atoms with Crippen LogP contribution in [0.4, 0.5) is 5.69 Å². The Labute approximate surface area is 103 Å². The number of nitrogens with zero attached hydrogens (tertiary/aromatic N) is 1. The summed E-state index contributed by atoms with van der Waals surface area (Å²) < 4.78 is 5.75. The van der Waals surface area contributed by atoms with Gasteiger partial charge in [-0.2, -0.15) is 0 Å². The molecule has 3 nitrogen and oxygen atoms in total. The number of fused-ring (bicyclic) bond motifs is 3. The highest BCUT2D eigenvalue weighted by Crippen LogP contribution is 2.39. The first kappa shape index (κ1) is 12.2. The van der Waals surface area contributed by atoms with Gasteiger partial charge in [-0.3, -0.25) is 0 Å². The van der Waals surface area contributed by atoms with Gasteiger partial charge in [-0.25, -0.2) is 0 Å². The second-order valence-electron chi connectivity index (χ2n) is 4.74. The first-order chi connectivity index (χ1) is 7.90. The second-order valence-corrected chi connectivity index (χ2v) is 4.74. The molecule has 3 heteroatoms. The van der Waals surface area contributed by atoms with Crippen molar-refractivity contribution in [3.8, 4) is 5.75 Å². The smallest absolute Gasteiger partial charge is 0.124 e. The lowest BCUT2D eigenvalue weighted by molar-refractivity contribution is 0.288. The molecule has 2 heterocycles. The summed E-state index contributed by atoms with van der Waals surface area (Å²) in [6.45, 7) is 5.52. The van der Waals surface area contributed by atoms with Crippen molar-refractivity contribution < 1.29 is 4.74 Å². The van der Waals surface area contributed by atoms with Crippen molar-refractivity contribution in [1.82, 2.24) is 6.15 Å². The van der Waals surface area contributed by atoms with Crippen LogP contribution in [0.25, 0.3) is 0 Å². The molecule has 0 spiro atoms. The Balaban J connectivity index is 0.00000108. The van der Waals surface area contributed by atoms with E-state index in [1.54, 1.807) is 0 Å². The van der Waals surface area contributed by atoms with Crippen LogP contribution in [-0.4, -0.2) is 19.7 Å². The van der Waals surface area contributed by atoms with Crippen LogP contribution >= 0.6 is 0 Å². The second kappa shape index (κ2) is 4.96. The van der Waals surface area contributed by atoms with Gasteiger partial charge >= 0.3 is 0 Å². The minimum absolute atomic E-state index is 0. The SMILES string of the molecule is CCCN1CCc2ccc3c(c21)CCCO3.N. The molecular weight excluding hydrogens is 212 g/mol. The van der Waals surface area contributed by atoms with Gasteiger partial charge in [0.1, 0.15) is 5.75 Å². The quantitative estimate of drug-likeness (QED) is 0.855. The fraction of sp³-hybridized carbons (Fsp3) is 0.571. The van der Waals surface area contributed by atoms with Gasteiger partial charge in [-0.15, -0.1) is 0 Å². The molecule has 0 aromatic heterocycles. The van der Waals surface area contributed by atoms with Crippen molar-refractivity contribution in [2.45, 2.75) is 32.6 Å². The predicted octanol–water partition coefficient (Wildman–Crippen LogP) is 2.95. The van der Waals surface area contributed by atoms with E-state index in [-0.39, 0.29) is 6.15 Å². The normalized spacial score (nSPS) is 16.9. The molecule has 2 aliphatic heterocycles. The molecule has 94 valence electrons. The van der Waals surface area contributed by atoms with Gasteiger partial charge in [-0.05, 0) is 37.3 Å². The van der Waals surface area contributed by atoms with E-state index < -0.39 is 0 Å². The maximum Gasteiger partial charge on any atom is 0.124 e. The van der Waals surface area contributed by atoms with Crippen molar-refractivity contribution in [1.29, 1.82) is 0 Å². The predicted molar refractivity (Wildman–Crippen MR) is 71.5 cm³/mol. The molecule has 3 N–H and O–H groups in total. The Bertz CT molecular complexity index is 401. The minimum Gasteiger partial charge on any atom is -0.493 e. The molecule has 0 aliphatic carbocycles. The van der Waals surface area contributed by atoms with Gasteiger partial charge in [0.25, 0.3) is 0 Å². The fourth-order valence-electron chi connectivity index (χ4n) is 2.93. The number of hydrogen-bond donors (Lipinski definition) is 1. The molecule has 1 aromatic rings. The third-order valence-electron chi connectivity index (χ3n) is 3.61. The molecule has 2 aliphatic rings. The highest BCUT2D eigenvalue weighted by atomic mass is 16.5. The first-order valence-electron chi connectivity index (χ1n) is 6.42. The van der Waals surface area contributed by atoms with Crippen LogP contribution in [0, 0.1) is 0 Å². The van der Waals surface area contributed by atoms with Crippen molar-refractivity contribution in [3.63, 3.8) is 0 Å². The number of benzene rings is 1. The summed E-state index contributed by atoms with van der Waals surface area (Å²) in [4.78, 5) is 2.54. The van der Waals surface area contributed by atoms with E-state index in [0.717, 1.165) is 12.4 Å². The maximum atomic E-state index is 5.75. The van der Waals surface area contributed by atoms with Crippen LogP contribution in [0.5, 0.6) is 5.75 Å². The summed E-state index contributed by atoms with van der Waals surface area (Å²) >= 11 is 0. The van der Waals surface area contributed by atoms with Crippen molar-refractivity contribution >= 4 is 5.69 Å². The van der Waals surface area contributed by atoms with E-state index in [9.17, 15) is 0 Å². The van der Waals surface area contributed by atoms with Crippen molar-refractivity contribution in [2.24, 2.45) is 0 Å². The zero-order chi connectivity index (χ0) is 11.0. The molecule has 0 amide bonds. The Hall–Kier alpha value is -1.22. The molecule has 0 bridgehead atoms. The Morgan fingerprint density at radius 2 is 2.18 bits per heavy atom. The third kappa shape index (κ3) is 2.00. The molecular formula is C14H22N2O. The van der Waals surface area contributed by atoms with Gasteiger partial charge in [0.15, 0.2) is 0 Å². The van der Waals surface area contributed by atoms with Crippen molar-refractivity contribution in [3.05, 3.63) is 23.3 Å². The molecule has 17 heavy (non-hydrogen) atoms. The fourth-order valence-corrected chi connectivity index (χ4v) is 2.93. The summed E-state index contributed by atoms with van der Waals surface area (Å²) in [6, 6.07) is 4.43. The van der Waals surface area contributed by atoms with Gasteiger partial charge in [-0.1, -0.05) is 13.0 Å². The molecule has 0 saturated carbocycles. The van der Waals surface area contributed by atoms with Crippen LogP contribution in [0.15, 0.2) is 12.1 Å². The Morgan fingerprint density at radius 3 is 3.00 bits per heavy atom. The molecule has 0 fully saturated rings. The van der Waals surface area contributed by atoms with Crippen LogP contribution < -0.4 is 15.8 Å². The number of hydrogen-bond acceptors (Lipinski definition) is 3. The number of rotatable bonds is 2. The monoisotopic (exact) mass is 234 g/mol. The highest BCUT2D eigenvalue weighted by Gasteiger charge is 2.25. The Kier molecular flexibility index (Phi) is 3.57. The lowest BCUT2D eigenvalue weighted by Crippen LogP contribution is -2.23. The van der Waals surface area contributed by atoms with Crippen LogP contribution in [0.2, 0.25) is 0 Å². The summed E-state index contributed by atoms with van der Waals surface area (Å²) in [5.74, 6) is 1.13. The molecule has 1 aromatic carbocycles. The van der Waals surface area contributed by atoms with Gasteiger partial charge in [0.05, 0.1) is 6.61 Å². The minimum atomic E-state index is 0. The molecule has 3 rings (SSSR count). The van der Waals surface area contributed by atoms with Gasteiger partial charge in [0, 0.05) is 24.3 Å². The lowest BCUT2D eigenvalue weighted by Gasteiger charge is -2.26. The van der Waals surface area contributed by atoms with E-state index in [1.807, 2.05) is 0 Å². The summed E-state index contributed by atoms with van der Waals surface area (Å²) in [5.41, 5.74) is 4.49. The third-order valence-corrected chi connectivity index (χ3v) is 3.61. The average molecular weight is 234 g/mol. The topological polar surface area (TPSA) is 47.5 Å². The average Bonchev–Trinajstić information content (AvgIpc) is 2.73. The molecule has 0 unspecified atom stereocenters. The van der Waals surface area contributed by atoms with Gasteiger partial charge < -0.3 is 15.8 Å². The van der Waals surface area contributed by atoms with Gasteiger partial charge in [0.2, 0.25) is 0 Å². The number of anilines is 1. The largest absolute Gasteiger partial charge is 0.493 e. The summed E-state index contributed by atoms with van der Waals surface area (Å²) in [5, 5.41) is 0. The Morgan fingerprint density at radius 1 is 1.29 bits per heavy atom. The lowest BCUT2D eigenvalue weighted by atomic mass is 10.0. The number of ether oxygens (including phenoxy) is 1. The van der Waals surface area contributed by atoms with E-state index >= 15 is 0 Å². The van der Waals surface area contributed by atoms with E-state index in [4.69, 9.17) is 4.74 Å². The molecule has 0 saturated heterocycles. The first-order valence-corrected chi connectivity index (χ1v) is 6.42. The van der Waals surface area contributed by atoms with E-state index in [2.05, 4.69) is 24.0 Å². The highest BCUT2D eigenvalue weighted by molar-refractivity contribution is 5.67. The summed E-state index contributed by atoms with van der Waals surface area (Å²) in [7, 11) is 0. The molecule has 0 radical (unpaired) electrons. The molecule has 0 atom stereocenters. The zero-order valence-corrected chi connectivity index (χ0v) is 10.7. The van der Waals surface area contributed by atoms with Crippen molar-refractivity contribution in [2.75, 3.05) is 24.6 Å². The zero-order valence-electron chi connectivity index (χ0n) is 10.7. The van der Waals surface area contributed by atoms with Crippen LogP contribution in [0.1, 0.15) is 30.9 Å². The van der Waals surface area contributed by atoms with E-state index in [1.165, 1.54) is 55.6 Å². The van der Waals surface area contributed by atoms with Crippen LogP contribution in [-0.2, 0) is 12.8 Å². The van der Waals surface area contributed by atoms with E-state index in [0.29, 0.717) is 0 Å². The standard InChI is InChI=1S/C14H19NO.H3N/c1-2-8-15-9-7-11-5-6-13-12(14(11)15)4-3-10-16-13;/h5-6H,2-4,7-10H2,1H3;1H3. The van der Waals surface area contributed by atoms with Crippen LogP contribution in [0.3, 0.4) is 0 Å². The maximum absolute atomic E-state index is 5.75.